The van der Waals surface area contributed by atoms with E-state index in [2.05, 4.69) is 5.32 Å². The largest absolute Gasteiger partial charge is 0.342 e. The summed E-state index contributed by atoms with van der Waals surface area (Å²) < 4.78 is 12.7. The summed E-state index contributed by atoms with van der Waals surface area (Å²) in [7, 11) is 0. The van der Waals surface area contributed by atoms with E-state index in [0.29, 0.717) is 5.56 Å². The van der Waals surface area contributed by atoms with Crippen LogP contribution in [0.2, 0.25) is 0 Å². The average Bonchev–Trinajstić information content (AvgIpc) is 2.23. The molecule has 0 unspecified atom stereocenters. The van der Waals surface area contributed by atoms with Crippen molar-refractivity contribution in [2.75, 3.05) is 0 Å². The van der Waals surface area contributed by atoms with E-state index in [4.69, 9.17) is 0 Å². The number of piperidine rings is 1. The molecule has 1 heterocycles. The number of amides is 1. The molecular weight excluding hydrogens is 197 g/mol. The monoisotopic (exact) mass is 207 g/mol. The molecule has 1 fully saturated rings. The molecule has 1 aromatic rings. The standard InChI is InChI=1S/C11H10FNO2/c12-8-3-1-7(2-4-8)11-9(14)5-6-10(15)13-11/h1-4,11H,5-6H2,(H,13,15)/t11-/m1/s1. The zero-order valence-electron chi connectivity index (χ0n) is 8.00. The van der Waals surface area contributed by atoms with Gasteiger partial charge in [0.15, 0.2) is 5.78 Å². The maximum Gasteiger partial charge on any atom is 0.221 e. The number of ketones is 1. The van der Waals surface area contributed by atoms with Crippen LogP contribution in [0.25, 0.3) is 0 Å². The normalized spacial score (nSPS) is 21.3. The van der Waals surface area contributed by atoms with E-state index in [-0.39, 0.29) is 30.3 Å². The lowest BCUT2D eigenvalue weighted by Gasteiger charge is -2.22. The third kappa shape index (κ3) is 2.03. The molecule has 1 N–H and O–H groups in total. The van der Waals surface area contributed by atoms with E-state index in [1.54, 1.807) is 0 Å². The van der Waals surface area contributed by atoms with Crippen molar-refractivity contribution in [2.45, 2.75) is 18.9 Å². The highest BCUT2D eigenvalue weighted by Gasteiger charge is 2.27. The molecule has 0 bridgehead atoms. The van der Waals surface area contributed by atoms with Crippen LogP contribution in [0, 0.1) is 5.82 Å². The Kier molecular flexibility index (Phi) is 2.49. The molecule has 1 amide bonds. The summed E-state index contributed by atoms with van der Waals surface area (Å²) in [6, 6.07) is 4.99. The van der Waals surface area contributed by atoms with E-state index >= 15 is 0 Å². The predicted octanol–water partition coefficient (Wildman–Crippen LogP) is 1.35. The number of halogens is 1. The third-order valence-electron chi connectivity index (χ3n) is 2.43. The first-order valence-electron chi connectivity index (χ1n) is 4.74. The number of hydrogen-bond acceptors (Lipinski definition) is 2. The quantitative estimate of drug-likeness (QED) is 0.755. The van der Waals surface area contributed by atoms with Crippen LogP contribution < -0.4 is 5.32 Å². The molecular formula is C11H10FNO2. The van der Waals surface area contributed by atoms with Crippen molar-refractivity contribution in [3.8, 4) is 0 Å². The van der Waals surface area contributed by atoms with Crippen molar-refractivity contribution >= 4 is 11.7 Å². The van der Waals surface area contributed by atoms with E-state index in [0.717, 1.165) is 0 Å². The number of hydrogen-bond donors (Lipinski definition) is 1. The minimum Gasteiger partial charge on any atom is -0.342 e. The summed E-state index contributed by atoms with van der Waals surface area (Å²) in [5.74, 6) is -0.515. The second-order valence-corrected chi connectivity index (χ2v) is 3.52. The van der Waals surface area contributed by atoms with Crippen LogP contribution in [-0.4, -0.2) is 11.7 Å². The van der Waals surface area contributed by atoms with Crippen LogP contribution in [0.5, 0.6) is 0 Å². The summed E-state index contributed by atoms with van der Waals surface area (Å²) in [5, 5.41) is 2.59. The molecule has 1 atom stereocenters. The van der Waals surface area contributed by atoms with Gasteiger partial charge in [-0.15, -0.1) is 0 Å². The summed E-state index contributed by atoms with van der Waals surface area (Å²) in [6.07, 6.45) is 0.504. The van der Waals surface area contributed by atoms with Crippen LogP contribution in [0.1, 0.15) is 24.4 Å². The Hall–Kier alpha value is -1.71. The van der Waals surface area contributed by atoms with Gasteiger partial charge in [0, 0.05) is 12.8 Å². The molecule has 4 heteroatoms. The second-order valence-electron chi connectivity index (χ2n) is 3.52. The maximum absolute atomic E-state index is 12.7. The lowest BCUT2D eigenvalue weighted by Crippen LogP contribution is -2.38. The van der Waals surface area contributed by atoms with Gasteiger partial charge in [-0.1, -0.05) is 12.1 Å². The topological polar surface area (TPSA) is 46.2 Å². The van der Waals surface area contributed by atoms with Gasteiger partial charge in [0.05, 0.1) is 0 Å². The Labute approximate surface area is 86.3 Å². The van der Waals surface area contributed by atoms with E-state index in [1.807, 2.05) is 0 Å². The van der Waals surface area contributed by atoms with Crippen molar-refractivity contribution in [3.63, 3.8) is 0 Å². The van der Waals surface area contributed by atoms with Crippen molar-refractivity contribution < 1.29 is 14.0 Å². The minimum atomic E-state index is -0.605. The highest BCUT2D eigenvalue weighted by Crippen LogP contribution is 2.20. The SMILES string of the molecule is O=C1CCC(=O)[C@@H](c2ccc(F)cc2)N1. The summed E-state index contributed by atoms with van der Waals surface area (Å²) in [4.78, 5) is 22.6. The highest BCUT2D eigenvalue weighted by atomic mass is 19.1. The Balaban J connectivity index is 2.25. The first kappa shape index (κ1) is 9.83. The zero-order chi connectivity index (χ0) is 10.8. The predicted molar refractivity (Wildman–Crippen MR) is 51.5 cm³/mol. The van der Waals surface area contributed by atoms with Crippen LogP contribution in [0.3, 0.4) is 0 Å². The van der Waals surface area contributed by atoms with Gasteiger partial charge < -0.3 is 5.32 Å². The number of nitrogens with one attached hydrogen (secondary N) is 1. The Morgan fingerprint density at radius 1 is 1.13 bits per heavy atom. The average molecular weight is 207 g/mol. The van der Waals surface area contributed by atoms with E-state index < -0.39 is 6.04 Å². The van der Waals surface area contributed by atoms with Crippen molar-refractivity contribution in [1.29, 1.82) is 0 Å². The van der Waals surface area contributed by atoms with Gasteiger partial charge in [-0.3, -0.25) is 9.59 Å². The van der Waals surface area contributed by atoms with Crippen molar-refractivity contribution in [1.82, 2.24) is 5.32 Å². The van der Waals surface area contributed by atoms with Gasteiger partial charge in [0.25, 0.3) is 0 Å². The summed E-state index contributed by atoms with van der Waals surface area (Å²) >= 11 is 0. The molecule has 0 saturated carbocycles. The smallest absolute Gasteiger partial charge is 0.221 e. The Bertz CT molecular complexity index is 400. The number of rotatable bonds is 1. The zero-order valence-corrected chi connectivity index (χ0v) is 8.00. The Morgan fingerprint density at radius 2 is 1.80 bits per heavy atom. The van der Waals surface area contributed by atoms with Crippen LogP contribution >= 0.6 is 0 Å². The summed E-state index contributed by atoms with van der Waals surface area (Å²) in [6.45, 7) is 0. The fourth-order valence-electron chi connectivity index (χ4n) is 1.62. The number of carbonyl (C=O) groups is 2. The number of benzene rings is 1. The van der Waals surface area contributed by atoms with Gasteiger partial charge >= 0.3 is 0 Å². The molecule has 0 aliphatic carbocycles. The molecule has 3 nitrogen and oxygen atoms in total. The van der Waals surface area contributed by atoms with Gasteiger partial charge in [-0.05, 0) is 17.7 Å². The van der Waals surface area contributed by atoms with Gasteiger partial charge in [-0.2, -0.15) is 0 Å². The molecule has 1 aromatic carbocycles. The fraction of sp³-hybridized carbons (Fsp3) is 0.273. The summed E-state index contributed by atoms with van der Waals surface area (Å²) in [5.41, 5.74) is 0.634. The molecule has 1 aliphatic heterocycles. The molecule has 78 valence electrons. The second kappa shape index (κ2) is 3.81. The first-order chi connectivity index (χ1) is 7.16. The van der Waals surface area contributed by atoms with Gasteiger partial charge in [-0.25, -0.2) is 4.39 Å². The lowest BCUT2D eigenvalue weighted by atomic mass is 9.96. The lowest BCUT2D eigenvalue weighted by molar-refractivity contribution is -0.132. The molecule has 1 saturated heterocycles. The van der Waals surface area contributed by atoms with Crippen LogP contribution in [0.4, 0.5) is 4.39 Å². The van der Waals surface area contributed by atoms with Crippen LogP contribution in [-0.2, 0) is 9.59 Å². The molecule has 2 rings (SSSR count). The first-order valence-corrected chi connectivity index (χ1v) is 4.74. The molecule has 0 radical (unpaired) electrons. The molecule has 1 aliphatic rings. The molecule has 0 aromatic heterocycles. The number of Topliss-reactive ketones (excluding diaryl/α,β-unsaturated/α-hetero) is 1. The van der Waals surface area contributed by atoms with Crippen molar-refractivity contribution in [2.24, 2.45) is 0 Å². The van der Waals surface area contributed by atoms with Crippen molar-refractivity contribution in [3.05, 3.63) is 35.6 Å². The Morgan fingerprint density at radius 3 is 2.47 bits per heavy atom. The van der Waals surface area contributed by atoms with Gasteiger partial charge in [0.2, 0.25) is 5.91 Å². The fourth-order valence-corrected chi connectivity index (χ4v) is 1.62. The van der Waals surface area contributed by atoms with Gasteiger partial charge in [0.1, 0.15) is 11.9 Å². The molecule has 15 heavy (non-hydrogen) atoms. The number of carbonyl (C=O) groups excluding carboxylic acids is 2. The highest BCUT2D eigenvalue weighted by molar-refractivity contribution is 5.95. The van der Waals surface area contributed by atoms with E-state index in [1.165, 1.54) is 24.3 Å². The minimum absolute atomic E-state index is 0.0267. The maximum atomic E-state index is 12.7. The third-order valence-corrected chi connectivity index (χ3v) is 2.43. The molecule has 0 spiro atoms. The van der Waals surface area contributed by atoms with E-state index in [9.17, 15) is 14.0 Å². The van der Waals surface area contributed by atoms with Crippen LogP contribution in [0.15, 0.2) is 24.3 Å².